The molecule has 0 spiro atoms. The molecule has 48 heavy (non-hydrogen) atoms. The molecule has 3 aliphatic heterocycles. The summed E-state index contributed by atoms with van der Waals surface area (Å²) < 4.78 is 23.0. The number of hydrogen-bond acceptors (Lipinski definition) is 9. The molecule has 5 heterocycles. The van der Waals surface area contributed by atoms with Gasteiger partial charge >= 0.3 is 12.1 Å². The van der Waals surface area contributed by atoms with E-state index in [1.165, 1.54) is 25.7 Å². The van der Waals surface area contributed by atoms with Crippen LogP contribution >= 0.6 is 23.2 Å². The molecule has 3 saturated heterocycles. The van der Waals surface area contributed by atoms with Crippen molar-refractivity contribution in [3.63, 3.8) is 0 Å². The van der Waals surface area contributed by atoms with Gasteiger partial charge in [-0.25, -0.2) is 9.59 Å². The number of esters is 1. The summed E-state index contributed by atoms with van der Waals surface area (Å²) in [5.74, 6) is 0.789. The first-order chi connectivity index (χ1) is 23.3. The normalized spacial score (nSPS) is 18.9. The molecule has 2 aromatic heterocycles. The first-order valence-corrected chi connectivity index (χ1v) is 16.5. The van der Waals surface area contributed by atoms with E-state index in [1.807, 2.05) is 30.3 Å². The first kappa shape index (κ1) is 33.5. The summed E-state index contributed by atoms with van der Waals surface area (Å²) in [5, 5.41) is 0.704. The molecule has 1 amide bonds. The molecule has 0 N–H and O–H groups in total. The lowest BCUT2D eigenvalue weighted by molar-refractivity contribution is -0.0311. The third-order valence-electron chi connectivity index (χ3n) is 8.89. The van der Waals surface area contributed by atoms with Crippen molar-refractivity contribution in [1.29, 1.82) is 0 Å². The van der Waals surface area contributed by atoms with Crippen molar-refractivity contribution in [2.45, 2.75) is 38.0 Å². The highest BCUT2D eigenvalue weighted by atomic mass is 35.5. The van der Waals surface area contributed by atoms with Crippen LogP contribution in [0.25, 0.3) is 0 Å². The number of carbonyl (C=O) groups excluding carboxylic acids is 2. The molecule has 2 aromatic carbocycles. The quantitative estimate of drug-likeness (QED) is 0.151. The van der Waals surface area contributed by atoms with E-state index in [1.54, 1.807) is 42.3 Å². The third-order valence-corrected chi connectivity index (χ3v) is 9.54. The monoisotopic (exact) mass is 690 g/mol. The fourth-order valence-corrected chi connectivity index (χ4v) is 6.72. The topological polar surface area (TPSA) is 103 Å². The van der Waals surface area contributed by atoms with Crippen molar-refractivity contribution >= 4 is 41.0 Å². The Kier molecular flexibility index (Phi) is 10.6. The molecule has 0 radical (unpaired) electrons. The Morgan fingerprint density at radius 3 is 2.29 bits per heavy atom. The van der Waals surface area contributed by atoms with Crippen molar-refractivity contribution in [2.75, 3.05) is 38.8 Å². The highest BCUT2D eigenvalue weighted by molar-refractivity contribution is 6.35. The average Bonchev–Trinajstić information content (AvgIpc) is 3.12. The number of amides is 1. The van der Waals surface area contributed by atoms with Crippen molar-refractivity contribution in [2.24, 2.45) is 5.92 Å². The van der Waals surface area contributed by atoms with E-state index < -0.39 is 18.2 Å². The van der Waals surface area contributed by atoms with Crippen LogP contribution in [0, 0.1) is 5.92 Å². The molecule has 2 atom stereocenters. The summed E-state index contributed by atoms with van der Waals surface area (Å²) in [7, 11) is 3.07. The Morgan fingerprint density at radius 2 is 1.67 bits per heavy atom. The minimum atomic E-state index is -0.788. The van der Waals surface area contributed by atoms with Crippen LogP contribution < -0.4 is 14.4 Å². The molecule has 12 heteroatoms. The number of benzene rings is 2. The number of anilines is 1. The zero-order chi connectivity index (χ0) is 33.6. The van der Waals surface area contributed by atoms with Crippen LogP contribution in [0.4, 0.5) is 10.5 Å². The van der Waals surface area contributed by atoms with Crippen LogP contribution in [-0.2, 0) is 22.4 Å². The number of rotatable bonds is 11. The summed E-state index contributed by atoms with van der Waals surface area (Å²) in [6.45, 7) is 3.03. The predicted molar refractivity (Wildman–Crippen MR) is 182 cm³/mol. The Balaban J connectivity index is 1.20. The molecule has 7 rings (SSSR count). The maximum Gasteiger partial charge on any atom is 0.414 e. The van der Waals surface area contributed by atoms with Gasteiger partial charge in [-0.3, -0.25) is 19.8 Å². The Hall–Kier alpha value is -4.38. The number of piperidine rings is 3. The summed E-state index contributed by atoms with van der Waals surface area (Å²) >= 11 is 12.9. The van der Waals surface area contributed by atoms with Crippen molar-refractivity contribution in [1.82, 2.24) is 14.9 Å². The fraction of sp³-hybridized carbons (Fsp3) is 0.333. The van der Waals surface area contributed by atoms with Gasteiger partial charge in [-0.2, -0.15) is 0 Å². The van der Waals surface area contributed by atoms with E-state index in [-0.39, 0.29) is 24.6 Å². The summed E-state index contributed by atoms with van der Waals surface area (Å²) in [6.07, 6.45) is 5.34. The second-order valence-electron chi connectivity index (χ2n) is 11.8. The van der Waals surface area contributed by atoms with Crippen LogP contribution in [0.15, 0.2) is 79.3 Å². The van der Waals surface area contributed by atoms with Gasteiger partial charge in [-0.05, 0) is 79.4 Å². The van der Waals surface area contributed by atoms with Gasteiger partial charge in [0.15, 0.2) is 11.5 Å². The number of carbonyl (C=O) groups is 2. The van der Waals surface area contributed by atoms with E-state index in [0.29, 0.717) is 50.0 Å². The van der Waals surface area contributed by atoms with Gasteiger partial charge in [0.2, 0.25) is 0 Å². The standard InChI is InChI=1S/C36H36Cl2N4O6/c1-45-31-11-9-24(16-33(31)46-2)32(17-28-29(37)19-39-20-30(28)38)47-35(43)25-8-10-26(40-18-25)21-42(27-6-4-3-5-7-27)36(44)48-34-22-41-14-12-23(34)13-15-41/h3-11,16,18-20,23,32,34H,12-15,17,21-22H2,1-2H3/t32-,34-/m0/s1. The maximum atomic E-state index is 13.6. The van der Waals surface area contributed by atoms with E-state index >= 15 is 0 Å². The smallest absolute Gasteiger partial charge is 0.414 e. The summed E-state index contributed by atoms with van der Waals surface area (Å²) in [6, 6.07) is 18.0. The van der Waals surface area contributed by atoms with Gasteiger partial charge in [-0.15, -0.1) is 0 Å². The largest absolute Gasteiger partial charge is 0.493 e. The van der Waals surface area contributed by atoms with Crippen LogP contribution in [0.3, 0.4) is 0 Å². The van der Waals surface area contributed by atoms with Gasteiger partial charge in [0.1, 0.15) is 12.2 Å². The number of methoxy groups -OCH3 is 2. The minimum Gasteiger partial charge on any atom is -0.493 e. The Morgan fingerprint density at radius 1 is 0.938 bits per heavy atom. The minimum absolute atomic E-state index is 0.133. The number of para-hydroxylation sites is 1. The first-order valence-electron chi connectivity index (χ1n) is 15.7. The molecule has 3 aliphatic rings. The fourth-order valence-electron chi connectivity index (χ4n) is 6.20. The van der Waals surface area contributed by atoms with Gasteiger partial charge in [0.05, 0.1) is 42.1 Å². The van der Waals surface area contributed by atoms with Crippen LogP contribution in [-0.4, -0.2) is 66.9 Å². The van der Waals surface area contributed by atoms with Crippen molar-refractivity contribution in [3.8, 4) is 11.5 Å². The van der Waals surface area contributed by atoms with Crippen LogP contribution in [0.2, 0.25) is 10.0 Å². The second-order valence-corrected chi connectivity index (χ2v) is 12.6. The van der Waals surface area contributed by atoms with Crippen molar-refractivity contribution in [3.05, 3.63) is 112 Å². The molecule has 4 aromatic rings. The highest BCUT2D eigenvalue weighted by Gasteiger charge is 2.37. The Bertz CT molecular complexity index is 1710. The number of aromatic nitrogens is 2. The number of halogens is 2. The molecular weight excluding hydrogens is 655 g/mol. The highest BCUT2D eigenvalue weighted by Crippen LogP contribution is 2.36. The number of hydrogen-bond donors (Lipinski definition) is 0. The lowest BCUT2D eigenvalue weighted by Crippen LogP contribution is -2.53. The lowest BCUT2D eigenvalue weighted by atomic mass is 9.86. The summed E-state index contributed by atoms with van der Waals surface area (Å²) in [5.41, 5.74) is 2.74. The van der Waals surface area contributed by atoms with E-state index in [0.717, 1.165) is 32.5 Å². The number of fused-ring (bicyclic) bond motifs is 3. The molecule has 0 aliphatic carbocycles. The molecule has 250 valence electrons. The second kappa shape index (κ2) is 15.2. The molecule has 0 unspecified atom stereocenters. The van der Waals surface area contributed by atoms with Crippen LogP contribution in [0.1, 0.15) is 46.1 Å². The van der Waals surface area contributed by atoms with Gasteiger partial charge < -0.3 is 18.9 Å². The number of pyridine rings is 2. The average molecular weight is 692 g/mol. The van der Waals surface area contributed by atoms with Gasteiger partial charge in [0.25, 0.3) is 0 Å². The van der Waals surface area contributed by atoms with Gasteiger partial charge in [-0.1, -0.05) is 47.5 Å². The van der Waals surface area contributed by atoms with Gasteiger partial charge in [0, 0.05) is 37.2 Å². The zero-order valence-corrected chi connectivity index (χ0v) is 28.2. The third kappa shape index (κ3) is 7.67. The molecule has 2 bridgehead atoms. The zero-order valence-electron chi connectivity index (χ0n) is 26.7. The molecule has 10 nitrogen and oxygen atoms in total. The molecule has 3 fully saturated rings. The summed E-state index contributed by atoms with van der Waals surface area (Å²) in [4.78, 5) is 39.6. The van der Waals surface area contributed by atoms with Crippen molar-refractivity contribution < 1.29 is 28.5 Å². The van der Waals surface area contributed by atoms with E-state index in [4.69, 9.17) is 42.1 Å². The number of nitrogens with zero attached hydrogens (tertiary/aromatic N) is 4. The Labute approximate surface area is 289 Å². The maximum absolute atomic E-state index is 13.6. The number of ether oxygens (including phenoxy) is 4. The molecular formula is C36H36Cl2N4O6. The SMILES string of the molecule is COc1ccc([C@H](Cc2c(Cl)cncc2Cl)OC(=O)c2ccc(CN(C(=O)O[C@H]3CN4CCC3CC4)c3ccccc3)nc2)cc1OC. The van der Waals surface area contributed by atoms with E-state index in [2.05, 4.69) is 14.9 Å². The van der Waals surface area contributed by atoms with Crippen LogP contribution in [0.5, 0.6) is 11.5 Å². The lowest BCUT2D eigenvalue weighted by Gasteiger charge is -2.44. The predicted octanol–water partition coefficient (Wildman–Crippen LogP) is 7.18. The molecule has 0 saturated carbocycles. The van der Waals surface area contributed by atoms with E-state index in [9.17, 15) is 9.59 Å².